The lowest BCUT2D eigenvalue weighted by Gasteiger charge is -2.31. The topological polar surface area (TPSA) is 46.6 Å². The molecule has 0 bridgehead atoms. The van der Waals surface area contributed by atoms with Crippen molar-refractivity contribution in [2.45, 2.75) is 43.6 Å². The van der Waals surface area contributed by atoms with E-state index in [1.807, 2.05) is 0 Å². The molecular weight excluding hydrogens is 293 g/mol. The van der Waals surface area contributed by atoms with E-state index in [-0.39, 0.29) is 17.2 Å². The van der Waals surface area contributed by atoms with Gasteiger partial charge in [-0.25, -0.2) is 17.1 Å². The summed E-state index contributed by atoms with van der Waals surface area (Å²) >= 11 is 0. The van der Waals surface area contributed by atoms with Crippen molar-refractivity contribution < 1.29 is 17.5 Å². The molecule has 1 heterocycles. The Bertz CT molecular complexity index is 575. The van der Waals surface area contributed by atoms with Gasteiger partial charge in [0.05, 0.1) is 18.0 Å². The molecule has 0 radical (unpaired) electrons. The van der Waals surface area contributed by atoms with E-state index in [0.717, 1.165) is 31.2 Å². The SMILES string of the molecule is O=S(=O)(C1CC1)N1CCC(OCc2ccc(F)cc2)CC1. The van der Waals surface area contributed by atoms with Crippen molar-refractivity contribution in [3.8, 4) is 0 Å². The molecule has 1 aromatic carbocycles. The van der Waals surface area contributed by atoms with Crippen LogP contribution in [0, 0.1) is 5.82 Å². The summed E-state index contributed by atoms with van der Waals surface area (Å²) in [6.07, 6.45) is 3.16. The molecule has 0 atom stereocenters. The maximum atomic E-state index is 12.8. The highest BCUT2D eigenvalue weighted by Crippen LogP contribution is 2.32. The predicted octanol–water partition coefficient (Wildman–Crippen LogP) is 2.30. The molecule has 1 aliphatic carbocycles. The lowest BCUT2D eigenvalue weighted by molar-refractivity contribution is 0.0102. The van der Waals surface area contributed by atoms with Crippen LogP contribution in [0.15, 0.2) is 24.3 Å². The summed E-state index contributed by atoms with van der Waals surface area (Å²) in [4.78, 5) is 0. The maximum absolute atomic E-state index is 12.8. The van der Waals surface area contributed by atoms with Gasteiger partial charge in [0.15, 0.2) is 0 Å². The van der Waals surface area contributed by atoms with Crippen LogP contribution in [-0.4, -0.2) is 37.2 Å². The zero-order chi connectivity index (χ0) is 14.9. The van der Waals surface area contributed by atoms with Gasteiger partial charge in [-0.15, -0.1) is 0 Å². The van der Waals surface area contributed by atoms with E-state index in [2.05, 4.69) is 0 Å². The van der Waals surface area contributed by atoms with E-state index in [1.54, 1.807) is 16.4 Å². The number of benzene rings is 1. The van der Waals surface area contributed by atoms with Gasteiger partial charge < -0.3 is 4.74 Å². The number of piperidine rings is 1. The highest BCUT2D eigenvalue weighted by molar-refractivity contribution is 7.90. The number of nitrogens with zero attached hydrogens (tertiary/aromatic N) is 1. The Hall–Kier alpha value is -0.980. The van der Waals surface area contributed by atoms with E-state index < -0.39 is 10.0 Å². The van der Waals surface area contributed by atoms with Gasteiger partial charge in [-0.3, -0.25) is 0 Å². The average Bonchev–Trinajstić information content (AvgIpc) is 3.32. The van der Waals surface area contributed by atoms with Crippen LogP contribution < -0.4 is 0 Å². The predicted molar refractivity (Wildman–Crippen MR) is 77.7 cm³/mol. The number of rotatable bonds is 5. The van der Waals surface area contributed by atoms with Gasteiger partial charge in [0, 0.05) is 13.1 Å². The minimum absolute atomic E-state index is 0.0840. The summed E-state index contributed by atoms with van der Waals surface area (Å²) in [5.41, 5.74) is 0.935. The molecule has 1 aliphatic heterocycles. The van der Waals surface area contributed by atoms with Crippen LogP contribution >= 0.6 is 0 Å². The van der Waals surface area contributed by atoms with Crippen LogP contribution in [0.5, 0.6) is 0 Å². The van der Waals surface area contributed by atoms with Gasteiger partial charge in [0.1, 0.15) is 5.82 Å². The summed E-state index contributed by atoms with van der Waals surface area (Å²) in [6.45, 7) is 1.54. The molecule has 21 heavy (non-hydrogen) atoms. The van der Waals surface area contributed by atoms with Crippen LogP contribution in [0.4, 0.5) is 4.39 Å². The van der Waals surface area contributed by atoms with Gasteiger partial charge in [-0.05, 0) is 43.4 Å². The quantitative estimate of drug-likeness (QED) is 0.838. The molecule has 0 amide bonds. The highest BCUT2D eigenvalue weighted by Gasteiger charge is 2.41. The third kappa shape index (κ3) is 3.62. The van der Waals surface area contributed by atoms with Gasteiger partial charge in [0.2, 0.25) is 10.0 Å². The maximum Gasteiger partial charge on any atom is 0.216 e. The smallest absolute Gasteiger partial charge is 0.216 e. The Morgan fingerprint density at radius 2 is 1.71 bits per heavy atom. The first-order chi connectivity index (χ1) is 10.1. The molecule has 116 valence electrons. The first-order valence-corrected chi connectivity index (χ1v) is 8.91. The molecule has 2 aliphatic rings. The Labute approximate surface area is 125 Å². The molecule has 0 unspecified atom stereocenters. The fourth-order valence-corrected chi connectivity index (χ4v) is 4.50. The molecule has 0 N–H and O–H groups in total. The minimum atomic E-state index is -3.05. The van der Waals surface area contributed by atoms with Crippen LogP contribution in [-0.2, 0) is 21.4 Å². The summed E-state index contributed by atoms with van der Waals surface area (Å²) in [7, 11) is -3.05. The van der Waals surface area contributed by atoms with E-state index in [4.69, 9.17) is 4.74 Å². The molecule has 4 nitrogen and oxygen atoms in total. The van der Waals surface area contributed by atoms with E-state index in [0.29, 0.717) is 19.7 Å². The molecular formula is C15H20FNO3S. The van der Waals surface area contributed by atoms with Crippen molar-refractivity contribution >= 4 is 10.0 Å². The summed E-state index contributed by atoms with van der Waals surface area (Å²) in [5, 5.41) is -0.130. The van der Waals surface area contributed by atoms with E-state index in [1.165, 1.54) is 12.1 Å². The molecule has 1 aromatic rings. The third-order valence-corrected chi connectivity index (χ3v) is 6.50. The normalized spacial score (nSPS) is 21.6. The number of ether oxygens (including phenoxy) is 1. The second kappa shape index (κ2) is 6.02. The van der Waals surface area contributed by atoms with Crippen LogP contribution in [0.1, 0.15) is 31.2 Å². The van der Waals surface area contributed by atoms with Crippen molar-refractivity contribution in [1.82, 2.24) is 4.31 Å². The molecule has 3 rings (SSSR count). The van der Waals surface area contributed by atoms with Gasteiger partial charge in [-0.2, -0.15) is 0 Å². The Morgan fingerprint density at radius 3 is 2.29 bits per heavy atom. The summed E-state index contributed by atoms with van der Waals surface area (Å²) in [6, 6.07) is 6.26. The molecule has 6 heteroatoms. The summed E-state index contributed by atoms with van der Waals surface area (Å²) < 4.78 is 44.4. The Morgan fingerprint density at radius 1 is 1.10 bits per heavy atom. The van der Waals surface area contributed by atoms with Crippen molar-refractivity contribution in [2.24, 2.45) is 0 Å². The minimum Gasteiger partial charge on any atom is -0.373 e. The molecule has 2 fully saturated rings. The Kier molecular flexibility index (Phi) is 4.28. The molecule has 1 saturated carbocycles. The van der Waals surface area contributed by atoms with Crippen molar-refractivity contribution in [3.63, 3.8) is 0 Å². The third-order valence-electron chi connectivity index (χ3n) is 4.11. The highest BCUT2D eigenvalue weighted by atomic mass is 32.2. The van der Waals surface area contributed by atoms with Crippen molar-refractivity contribution in [1.29, 1.82) is 0 Å². The zero-order valence-corrected chi connectivity index (χ0v) is 12.7. The first kappa shape index (κ1) is 14.9. The largest absolute Gasteiger partial charge is 0.373 e. The molecule has 0 aromatic heterocycles. The molecule has 0 spiro atoms. The van der Waals surface area contributed by atoms with Gasteiger partial charge in [-0.1, -0.05) is 12.1 Å². The zero-order valence-electron chi connectivity index (χ0n) is 11.9. The second-order valence-electron chi connectivity index (χ2n) is 5.78. The van der Waals surface area contributed by atoms with Crippen LogP contribution in [0.2, 0.25) is 0 Å². The van der Waals surface area contributed by atoms with E-state index in [9.17, 15) is 12.8 Å². The number of halogens is 1. The second-order valence-corrected chi connectivity index (χ2v) is 7.99. The number of sulfonamides is 1. The van der Waals surface area contributed by atoms with Gasteiger partial charge in [0.25, 0.3) is 0 Å². The monoisotopic (exact) mass is 313 g/mol. The van der Waals surface area contributed by atoms with Crippen molar-refractivity contribution in [2.75, 3.05) is 13.1 Å². The number of hydrogen-bond acceptors (Lipinski definition) is 3. The Balaban J connectivity index is 1.46. The number of hydrogen-bond donors (Lipinski definition) is 0. The molecule has 1 saturated heterocycles. The fraction of sp³-hybridized carbons (Fsp3) is 0.600. The lowest BCUT2D eigenvalue weighted by atomic mass is 10.1. The van der Waals surface area contributed by atoms with Crippen molar-refractivity contribution in [3.05, 3.63) is 35.6 Å². The average molecular weight is 313 g/mol. The summed E-state index contributed by atoms with van der Waals surface area (Å²) in [5.74, 6) is -0.252. The van der Waals surface area contributed by atoms with Crippen LogP contribution in [0.3, 0.4) is 0 Å². The van der Waals surface area contributed by atoms with Crippen LogP contribution in [0.25, 0.3) is 0 Å². The first-order valence-electron chi connectivity index (χ1n) is 7.41. The fourth-order valence-electron chi connectivity index (χ4n) is 2.62. The van der Waals surface area contributed by atoms with Gasteiger partial charge >= 0.3 is 0 Å². The van der Waals surface area contributed by atoms with E-state index >= 15 is 0 Å². The standard InChI is InChI=1S/C15H20FNO3S/c16-13-3-1-12(2-4-13)11-20-14-7-9-17(10-8-14)21(18,19)15-5-6-15/h1-4,14-15H,5-11H2. The lowest BCUT2D eigenvalue weighted by Crippen LogP contribution is -2.42.